The number of likely N-dealkylation sites (tertiary alicyclic amines) is 1. The van der Waals surface area contributed by atoms with Crippen molar-refractivity contribution in [2.24, 2.45) is 5.92 Å². The van der Waals surface area contributed by atoms with E-state index in [0.29, 0.717) is 0 Å². The van der Waals surface area contributed by atoms with Crippen molar-refractivity contribution in [3.05, 3.63) is 33.8 Å². The Balaban J connectivity index is 0.00000180. The molecule has 0 aliphatic carbocycles. The highest BCUT2D eigenvalue weighted by Gasteiger charge is 2.19. The van der Waals surface area contributed by atoms with Crippen molar-refractivity contribution in [1.82, 2.24) is 10.2 Å². The Labute approximate surface area is 131 Å². The van der Waals surface area contributed by atoms with Crippen LogP contribution in [0.3, 0.4) is 0 Å². The summed E-state index contributed by atoms with van der Waals surface area (Å²) in [5.74, 6) is 0.762. The van der Waals surface area contributed by atoms with E-state index in [1.807, 2.05) is 19.2 Å². The number of halogens is 3. The fraction of sp³-hybridized carbons (Fsp3) is 0.571. The standard InChI is InChI=1S/C14H20Cl2N2.ClH/c1-17-8-11-3-2-4-18(9-11)10-12-5-13(15)7-14(16)6-12;/h5-7,11,17H,2-4,8-10H2,1H3;1H. The van der Waals surface area contributed by atoms with Crippen molar-refractivity contribution in [3.63, 3.8) is 0 Å². The zero-order valence-electron chi connectivity index (χ0n) is 11.2. The molecule has 108 valence electrons. The van der Waals surface area contributed by atoms with E-state index in [-0.39, 0.29) is 12.4 Å². The summed E-state index contributed by atoms with van der Waals surface area (Å²) in [5, 5.41) is 4.72. The first kappa shape index (κ1) is 17.1. The fourth-order valence-electron chi connectivity index (χ4n) is 2.71. The Hall–Kier alpha value is 0.01000. The van der Waals surface area contributed by atoms with Crippen LogP contribution in [-0.2, 0) is 6.54 Å². The highest BCUT2D eigenvalue weighted by Crippen LogP contribution is 2.22. The molecule has 1 aromatic rings. The van der Waals surface area contributed by atoms with E-state index in [0.717, 1.165) is 35.6 Å². The van der Waals surface area contributed by atoms with Crippen LogP contribution in [0.15, 0.2) is 18.2 Å². The maximum Gasteiger partial charge on any atom is 0.0424 e. The van der Waals surface area contributed by atoms with Crippen molar-refractivity contribution in [3.8, 4) is 0 Å². The van der Waals surface area contributed by atoms with Gasteiger partial charge in [-0.15, -0.1) is 12.4 Å². The molecule has 0 spiro atoms. The minimum absolute atomic E-state index is 0. The smallest absolute Gasteiger partial charge is 0.0424 e. The molecule has 2 rings (SSSR count). The fourth-order valence-corrected chi connectivity index (χ4v) is 3.28. The normalized spacial score (nSPS) is 20.1. The van der Waals surface area contributed by atoms with E-state index < -0.39 is 0 Å². The molecule has 0 bridgehead atoms. The summed E-state index contributed by atoms with van der Waals surface area (Å²) in [5.41, 5.74) is 1.21. The van der Waals surface area contributed by atoms with Gasteiger partial charge in [0.25, 0.3) is 0 Å². The van der Waals surface area contributed by atoms with Crippen LogP contribution in [0.5, 0.6) is 0 Å². The predicted molar refractivity (Wildman–Crippen MR) is 85.6 cm³/mol. The molecule has 1 N–H and O–H groups in total. The molecular weight excluding hydrogens is 303 g/mol. The van der Waals surface area contributed by atoms with Crippen molar-refractivity contribution in [2.75, 3.05) is 26.7 Å². The number of piperidine rings is 1. The summed E-state index contributed by atoms with van der Waals surface area (Å²) >= 11 is 12.1. The van der Waals surface area contributed by atoms with Crippen LogP contribution in [0.25, 0.3) is 0 Å². The average molecular weight is 324 g/mol. The van der Waals surface area contributed by atoms with Crippen LogP contribution >= 0.6 is 35.6 Å². The van der Waals surface area contributed by atoms with Crippen LogP contribution in [0.4, 0.5) is 0 Å². The van der Waals surface area contributed by atoms with Gasteiger partial charge in [0.2, 0.25) is 0 Å². The number of hydrogen-bond acceptors (Lipinski definition) is 2. The summed E-state index contributed by atoms with van der Waals surface area (Å²) in [6.07, 6.45) is 2.61. The summed E-state index contributed by atoms with van der Waals surface area (Å²) in [4.78, 5) is 2.49. The second-order valence-corrected chi connectivity index (χ2v) is 5.95. The molecule has 0 amide bonds. The second-order valence-electron chi connectivity index (χ2n) is 5.08. The Morgan fingerprint density at radius 3 is 2.58 bits per heavy atom. The third-order valence-corrected chi connectivity index (χ3v) is 3.86. The van der Waals surface area contributed by atoms with E-state index in [1.165, 1.54) is 24.9 Å². The van der Waals surface area contributed by atoms with Crippen LogP contribution in [0.2, 0.25) is 10.0 Å². The molecule has 1 aliphatic rings. The lowest BCUT2D eigenvalue weighted by atomic mass is 9.97. The zero-order valence-corrected chi connectivity index (χ0v) is 13.5. The van der Waals surface area contributed by atoms with E-state index >= 15 is 0 Å². The molecule has 5 heteroatoms. The van der Waals surface area contributed by atoms with Gasteiger partial charge in [0.15, 0.2) is 0 Å². The maximum atomic E-state index is 6.03. The minimum atomic E-state index is 0. The van der Waals surface area contributed by atoms with Gasteiger partial charge in [0.1, 0.15) is 0 Å². The lowest BCUT2D eigenvalue weighted by Gasteiger charge is -2.32. The molecule has 1 heterocycles. The number of hydrogen-bond donors (Lipinski definition) is 1. The molecule has 1 aliphatic heterocycles. The van der Waals surface area contributed by atoms with Gasteiger partial charge in [-0.2, -0.15) is 0 Å². The third kappa shape index (κ3) is 5.49. The van der Waals surface area contributed by atoms with E-state index in [2.05, 4.69) is 10.2 Å². The molecule has 0 radical (unpaired) electrons. The number of nitrogens with one attached hydrogen (secondary N) is 1. The predicted octanol–water partition coefficient (Wildman–Crippen LogP) is 3.85. The van der Waals surface area contributed by atoms with Gasteiger partial charge in [-0.1, -0.05) is 23.2 Å². The molecule has 0 aromatic heterocycles. The Kier molecular flexibility index (Phi) is 7.48. The Bertz CT molecular complexity index is 376. The SMILES string of the molecule is CNCC1CCCN(Cc2cc(Cl)cc(Cl)c2)C1.Cl. The topological polar surface area (TPSA) is 15.3 Å². The van der Waals surface area contributed by atoms with Gasteiger partial charge in [-0.25, -0.2) is 0 Å². The monoisotopic (exact) mass is 322 g/mol. The molecule has 19 heavy (non-hydrogen) atoms. The largest absolute Gasteiger partial charge is 0.319 e. The summed E-state index contributed by atoms with van der Waals surface area (Å²) in [6, 6.07) is 5.80. The van der Waals surface area contributed by atoms with Gasteiger partial charge in [-0.3, -0.25) is 4.90 Å². The van der Waals surface area contributed by atoms with E-state index in [1.54, 1.807) is 6.07 Å². The maximum absolute atomic E-state index is 6.03. The minimum Gasteiger partial charge on any atom is -0.319 e. The van der Waals surface area contributed by atoms with Gasteiger partial charge in [0, 0.05) is 23.1 Å². The quantitative estimate of drug-likeness (QED) is 0.905. The zero-order chi connectivity index (χ0) is 13.0. The van der Waals surface area contributed by atoms with Gasteiger partial charge < -0.3 is 5.32 Å². The first-order valence-corrected chi connectivity index (χ1v) is 7.25. The first-order chi connectivity index (χ1) is 8.67. The molecule has 1 fully saturated rings. The number of rotatable bonds is 4. The summed E-state index contributed by atoms with van der Waals surface area (Å²) in [7, 11) is 2.02. The highest BCUT2D eigenvalue weighted by molar-refractivity contribution is 6.34. The Morgan fingerprint density at radius 2 is 1.95 bits per heavy atom. The van der Waals surface area contributed by atoms with E-state index in [9.17, 15) is 0 Å². The average Bonchev–Trinajstić information content (AvgIpc) is 2.28. The Morgan fingerprint density at radius 1 is 1.26 bits per heavy atom. The lowest BCUT2D eigenvalue weighted by Crippen LogP contribution is -2.38. The first-order valence-electron chi connectivity index (χ1n) is 6.49. The van der Waals surface area contributed by atoms with Crippen molar-refractivity contribution in [2.45, 2.75) is 19.4 Å². The molecule has 1 unspecified atom stereocenters. The van der Waals surface area contributed by atoms with Crippen molar-refractivity contribution in [1.29, 1.82) is 0 Å². The molecule has 1 aromatic carbocycles. The van der Waals surface area contributed by atoms with Crippen molar-refractivity contribution < 1.29 is 0 Å². The third-order valence-electron chi connectivity index (χ3n) is 3.42. The molecular formula is C14H21Cl3N2. The molecule has 1 saturated heterocycles. The highest BCUT2D eigenvalue weighted by atomic mass is 35.5. The van der Waals surface area contributed by atoms with Crippen LogP contribution < -0.4 is 5.32 Å². The molecule has 2 nitrogen and oxygen atoms in total. The van der Waals surface area contributed by atoms with Crippen LogP contribution in [0, 0.1) is 5.92 Å². The van der Waals surface area contributed by atoms with Crippen molar-refractivity contribution >= 4 is 35.6 Å². The summed E-state index contributed by atoms with van der Waals surface area (Å²) < 4.78 is 0. The number of nitrogens with zero attached hydrogens (tertiary/aromatic N) is 1. The summed E-state index contributed by atoms with van der Waals surface area (Å²) in [6.45, 7) is 4.38. The molecule has 0 saturated carbocycles. The molecule has 1 atom stereocenters. The van der Waals surface area contributed by atoms with Gasteiger partial charge in [0.05, 0.1) is 0 Å². The van der Waals surface area contributed by atoms with Crippen LogP contribution in [-0.4, -0.2) is 31.6 Å². The van der Waals surface area contributed by atoms with Gasteiger partial charge in [-0.05, 0) is 62.7 Å². The van der Waals surface area contributed by atoms with Gasteiger partial charge >= 0.3 is 0 Å². The van der Waals surface area contributed by atoms with Crippen LogP contribution in [0.1, 0.15) is 18.4 Å². The second kappa shape index (κ2) is 8.33. The number of benzene rings is 1. The lowest BCUT2D eigenvalue weighted by molar-refractivity contribution is 0.167. The van der Waals surface area contributed by atoms with E-state index in [4.69, 9.17) is 23.2 Å².